The number of aromatic nitrogens is 1. The Bertz CT molecular complexity index is 4090. The Labute approximate surface area is 527 Å². The number of anilines is 1. The minimum atomic E-state index is -1.43. The number of fused-ring (bicyclic) bond motifs is 2. The highest BCUT2D eigenvalue weighted by Gasteiger charge is 2.59. The summed E-state index contributed by atoms with van der Waals surface area (Å²) in [6.07, 6.45) is -0.777. The number of thioether (sulfide) groups is 2. The fourth-order valence-electron chi connectivity index (χ4n) is 11.3. The van der Waals surface area contributed by atoms with Crippen molar-refractivity contribution in [2.75, 3.05) is 17.6 Å². The molecule has 0 radical (unpaired) electrons. The molecule has 11 aromatic rings. The number of nitrogens with zero attached hydrogens (tertiary/aromatic N) is 3. The Morgan fingerprint density at radius 2 is 1.11 bits per heavy atom. The molecule has 8 aromatic carbocycles. The van der Waals surface area contributed by atoms with Gasteiger partial charge in [0.1, 0.15) is 31.7 Å². The first-order valence-corrected chi connectivity index (χ1v) is 32.7. The smallest absolute Gasteiger partial charge is 0.326 e. The Morgan fingerprint density at radius 1 is 0.644 bits per heavy atom. The van der Waals surface area contributed by atoms with Gasteiger partial charge in [0.15, 0.2) is 22.4 Å². The molecule has 2 unspecified atom stereocenters. The minimum Gasteiger partial charge on any atom is -0.451 e. The van der Waals surface area contributed by atoms with Gasteiger partial charge in [0.2, 0.25) is 11.5 Å². The summed E-state index contributed by atoms with van der Waals surface area (Å²) >= 11 is 13.9. The number of carbonyl (C=O) groups excluding carboxylic acids is 3. The number of thiazole rings is 1. The number of nitrogens with one attached hydrogen (secondary N) is 2. The van der Waals surface area contributed by atoms with E-state index in [0.717, 1.165) is 60.5 Å². The van der Waals surface area contributed by atoms with Crippen LogP contribution in [0.1, 0.15) is 56.3 Å². The van der Waals surface area contributed by atoms with Gasteiger partial charge in [-0.3, -0.25) is 19.2 Å². The SMILES string of the molecule is O=C(NC1C(=O)N2CC(Sc3cc(=O)c4sccc4s3)(C(=O)OC(c3ccccc3)c3ccccc3)CS[C@H]12)C(=NOC(c1ccccc1)(c1ccccc1)c1ccccc1)c1nc(NC(c2ccccc2)(c2ccccc2)c2ccccc2)sc1Cl. The van der Waals surface area contributed by atoms with E-state index >= 15 is 9.59 Å². The van der Waals surface area contributed by atoms with E-state index in [2.05, 4.69) is 47.0 Å². The highest BCUT2D eigenvalue weighted by molar-refractivity contribution is 8.06. The number of thiophene rings is 1. The minimum absolute atomic E-state index is 0.0129. The summed E-state index contributed by atoms with van der Waals surface area (Å²) in [6.45, 7) is -0.0744. The Balaban J connectivity index is 0.880. The lowest BCUT2D eigenvalue weighted by Gasteiger charge is -2.53. The zero-order chi connectivity index (χ0) is 59.4. The van der Waals surface area contributed by atoms with Gasteiger partial charge in [0, 0.05) is 35.1 Å². The van der Waals surface area contributed by atoms with Crippen LogP contribution in [0.25, 0.3) is 9.40 Å². The number of amides is 2. The van der Waals surface area contributed by atoms with E-state index in [9.17, 15) is 9.59 Å². The molecule has 2 amide bonds. The van der Waals surface area contributed by atoms with Crippen LogP contribution in [0.3, 0.4) is 0 Å². The number of β-lactam (4-membered cyclic amide) rings is 1. The summed E-state index contributed by atoms with van der Waals surface area (Å²) in [5.41, 5.74) is 3.60. The first-order valence-electron chi connectivity index (χ1n) is 27.9. The number of hydrogen-bond donors (Lipinski definition) is 2. The second-order valence-corrected chi connectivity index (χ2v) is 27.2. The normalized spacial score (nSPS) is 16.8. The molecule has 430 valence electrons. The Hall–Kier alpha value is -8.61. The third kappa shape index (κ3) is 11.2. The van der Waals surface area contributed by atoms with Crippen molar-refractivity contribution in [2.45, 2.75) is 37.6 Å². The molecule has 2 N–H and O–H groups in total. The first kappa shape index (κ1) is 57.5. The predicted molar refractivity (Wildman–Crippen MR) is 352 cm³/mol. The molecule has 3 atom stereocenters. The third-order valence-corrected chi connectivity index (χ3v) is 22.0. The van der Waals surface area contributed by atoms with E-state index in [1.165, 1.54) is 46.2 Å². The molecule has 2 fully saturated rings. The average molecular weight is 1260 g/mol. The maximum Gasteiger partial charge on any atom is 0.326 e. The van der Waals surface area contributed by atoms with Gasteiger partial charge in [-0.15, -0.1) is 34.4 Å². The molecule has 17 heteroatoms. The van der Waals surface area contributed by atoms with Crippen LogP contribution in [0, 0.1) is 0 Å². The largest absolute Gasteiger partial charge is 0.451 e. The summed E-state index contributed by atoms with van der Waals surface area (Å²) in [4.78, 5) is 73.3. The van der Waals surface area contributed by atoms with Crippen LogP contribution in [0.2, 0.25) is 4.34 Å². The molecule has 3 aromatic heterocycles. The zero-order valence-corrected chi connectivity index (χ0v) is 51.0. The van der Waals surface area contributed by atoms with E-state index in [4.69, 9.17) is 31.3 Å². The summed E-state index contributed by atoms with van der Waals surface area (Å²) in [6, 6.07) is 80.6. The van der Waals surface area contributed by atoms with Crippen molar-refractivity contribution in [1.82, 2.24) is 15.2 Å². The molecule has 0 spiro atoms. The second kappa shape index (κ2) is 25.0. The highest BCUT2D eigenvalue weighted by atomic mass is 35.5. The number of rotatable bonds is 19. The molecule has 13 rings (SSSR count). The predicted octanol–water partition coefficient (Wildman–Crippen LogP) is 14.8. The first-order chi connectivity index (χ1) is 42.6. The molecule has 11 nitrogen and oxygen atoms in total. The maximum atomic E-state index is 15.7. The average Bonchev–Trinajstić information content (AvgIpc) is 2.40. The quantitative estimate of drug-likeness (QED) is 0.0264. The lowest BCUT2D eigenvalue weighted by atomic mass is 9.77. The van der Waals surface area contributed by atoms with Crippen molar-refractivity contribution in [3.8, 4) is 0 Å². The lowest BCUT2D eigenvalue weighted by Crippen LogP contribution is -2.75. The molecule has 0 bridgehead atoms. The number of halogens is 1. The van der Waals surface area contributed by atoms with Crippen molar-refractivity contribution >= 4 is 107 Å². The van der Waals surface area contributed by atoms with Crippen molar-refractivity contribution in [1.29, 1.82) is 0 Å². The molecular formula is C70H52ClN5O6S5. The van der Waals surface area contributed by atoms with E-state index in [0.29, 0.717) is 14.0 Å². The van der Waals surface area contributed by atoms with Crippen LogP contribution in [0.4, 0.5) is 5.13 Å². The number of esters is 1. The summed E-state index contributed by atoms with van der Waals surface area (Å²) < 4.78 is 7.40. The van der Waals surface area contributed by atoms with Gasteiger partial charge < -0.3 is 25.1 Å². The number of benzene rings is 8. The van der Waals surface area contributed by atoms with Crippen molar-refractivity contribution < 1.29 is 24.0 Å². The fourth-order valence-corrected chi connectivity index (χ4v) is 17.8. The zero-order valence-electron chi connectivity index (χ0n) is 46.2. The van der Waals surface area contributed by atoms with Crippen LogP contribution < -0.4 is 16.1 Å². The topological polar surface area (TPSA) is 139 Å². The van der Waals surface area contributed by atoms with Crippen LogP contribution in [-0.4, -0.2) is 61.8 Å². The molecule has 5 heterocycles. The van der Waals surface area contributed by atoms with Crippen LogP contribution >= 0.6 is 69.1 Å². The maximum absolute atomic E-state index is 15.7. The van der Waals surface area contributed by atoms with Gasteiger partial charge in [-0.2, -0.15) is 0 Å². The number of hydrogen-bond acceptors (Lipinski definition) is 14. The molecule has 87 heavy (non-hydrogen) atoms. The fraction of sp³-hybridized carbons (Fsp3) is 0.114. The Kier molecular flexibility index (Phi) is 16.5. The lowest BCUT2D eigenvalue weighted by molar-refractivity contribution is -0.155. The van der Waals surface area contributed by atoms with Gasteiger partial charge in [-0.05, 0) is 39.3 Å². The van der Waals surface area contributed by atoms with Gasteiger partial charge in [0.25, 0.3) is 5.91 Å². The molecule has 2 aliphatic heterocycles. The van der Waals surface area contributed by atoms with Crippen molar-refractivity contribution in [3.63, 3.8) is 0 Å². The van der Waals surface area contributed by atoms with Crippen LogP contribution in [-0.2, 0) is 35.1 Å². The molecule has 0 saturated carbocycles. The second-order valence-electron chi connectivity index (χ2n) is 20.8. The number of ether oxygens (including phenoxy) is 1. The van der Waals surface area contributed by atoms with Gasteiger partial charge >= 0.3 is 5.97 Å². The molecule has 2 saturated heterocycles. The van der Waals surface area contributed by atoms with E-state index < -0.39 is 51.2 Å². The van der Waals surface area contributed by atoms with Crippen LogP contribution in [0.5, 0.6) is 0 Å². The summed E-state index contributed by atoms with van der Waals surface area (Å²) in [7, 11) is 0. The summed E-state index contributed by atoms with van der Waals surface area (Å²) in [5.74, 6) is -1.60. The van der Waals surface area contributed by atoms with E-state index in [1.54, 1.807) is 11.0 Å². The third-order valence-electron chi connectivity index (χ3n) is 15.5. The van der Waals surface area contributed by atoms with Crippen molar-refractivity contribution in [2.24, 2.45) is 5.16 Å². The van der Waals surface area contributed by atoms with Crippen molar-refractivity contribution in [3.05, 3.63) is 325 Å². The van der Waals surface area contributed by atoms with Crippen LogP contribution in [0.15, 0.2) is 274 Å². The molecule has 2 aliphatic rings. The van der Waals surface area contributed by atoms with Gasteiger partial charge in [-0.25, -0.2) is 4.98 Å². The number of carbonyl (C=O) groups is 3. The van der Waals surface area contributed by atoms with Gasteiger partial charge in [0.05, 0.1) is 13.6 Å². The monoisotopic (exact) mass is 1250 g/mol. The van der Waals surface area contributed by atoms with E-state index in [-0.39, 0.29) is 33.5 Å². The summed E-state index contributed by atoms with van der Waals surface area (Å²) in [5, 5.41) is 13.4. The van der Waals surface area contributed by atoms with E-state index in [1.807, 2.05) is 218 Å². The molecular weight excluding hydrogens is 1200 g/mol. The Morgan fingerprint density at radius 3 is 1.61 bits per heavy atom. The molecule has 0 aliphatic carbocycles. The highest BCUT2D eigenvalue weighted by Crippen LogP contribution is 2.50. The standard InChI is InChI=1S/C70H52ClN5O6S5/c71-62-57(73-67(86-62)74-69(48-29-13-3-14-30-48,49-31-15-4-16-32-49)50-33-17-5-18-34-50)58(75-82-70(51-35-19-6-20-36-51,52-37-21-7-22-38-52)53-39-23-8-24-40-53)63(78)72-59-64(79)76-44-68(45-84-65(59)76,87-56-43-54(77)61-55(85-56)41-42-83-61)66(80)81-60(46-25-9-1-10-26-46)47-27-11-2-12-28-47/h1-43,59-60,65H,44-45H2,(H,72,78)(H,73,74)/t59?,65-,68?/m1/s1. The van der Waals surface area contributed by atoms with Gasteiger partial charge in [-0.1, -0.05) is 283 Å². The number of oxime groups is 1.